The van der Waals surface area contributed by atoms with Crippen molar-refractivity contribution in [3.63, 3.8) is 0 Å². The van der Waals surface area contributed by atoms with Gasteiger partial charge >= 0.3 is 0 Å². The van der Waals surface area contributed by atoms with Crippen LogP contribution < -0.4 is 11.1 Å². The Morgan fingerprint density at radius 2 is 2.20 bits per heavy atom. The lowest BCUT2D eigenvalue weighted by molar-refractivity contribution is -0.116. The van der Waals surface area contributed by atoms with Gasteiger partial charge < -0.3 is 15.6 Å². The minimum absolute atomic E-state index is 0.229. The zero-order chi connectivity index (χ0) is 22.6. The van der Waals surface area contributed by atoms with Crippen LogP contribution in [0.5, 0.6) is 0 Å². The monoisotopic (exact) mass is 398 g/mol. The lowest BCUT2D eigenvalue weighted by Gasteiger charge is -2.22. The molecule has 3 heterocycles. The summed E-state index contributed by atoms with van der Waals surface area (Å²) in [5.41, 5.74) is 10.5. The first kappa shape index (κ1) is 15.9. The van der Waals surface area contributed by atoms with Gasteiger partial charge in [0.2, 0.25) is 5.91 Å². The Kier molecular flexibility index (Phi) is 3.60. The quantitative estimate of drug-likeness (QED) is 0.517. The van der Waals surface area contributed by atoms with E-state index in [4.69, 9.17) is 8.48 Å². The van der Waals surface area contributed by atoms with Gasteiger partial charge in [-0.15, -0.1) is 0 Å². The molecule has 1 aliphatic rings. The van der Waals surface area contributed by atoms with Crippen molar-refractivity contribution in [1.82, 2.24) is 24.8 Å². The number of carbonyl (C=O) groups excluding carboxylic acids is 1. The molecule has 1 atom stereocenters. The summed E-state index contributed by atoms with van der Waals surface area (Å²) >= 11 is 0. The summed E-state index contributed by atoms with van der Waals surface area (Å²) in [5.74, 6) is -0.226. The van der Waals surface area contributed by atoms with Crippen molar-refractivity contribution in [3.8, 4) is 5.69 Å². The van der Waals surface area contributed by atoms with Crippen LogP contribution in [-0.4, -0.2) is 31.5 Å². The van der Waals surface area contributed by atoms with Crippen LogP contribution in [0.2, 0.25) is 0 Å². The van der Waals surface area contributed by atoms with Gasteiger partial charge in [0.05, 0.1) is 34.7 Å². The number of fused-ring (bicyclic) bond motifs is 4. The largest absolute Gasteiger partial charge is 0.382 e. The van der Waals surface area contributed by atoms with Gasteiger partial charge in [0, 0.05) is 20.1 Å². The third-order valence-electron chi connectivity index (χ3n) is 5.18. The molecule has 0 unspecified atom stereocenters. The first-order valence-electron chi connectivity index (χ1n) is 10.4. The van der Waals surface area contributed by atoms with Crippen molar-refractivity contribution in [3.05, 3.63) is 72.8 Å². The first-order chi connectivity index (χ1) is 15.3. The highest BCUT2D eigenvalue weighted by Gasteiger charge is 2.28. The Labute approximate surface area is 175 Å². The number of hydrogen-bond donors (Lipinski definition) is 2. The highest BCUT2D eigenvalue weighted by Crippen LogP contribution is 2.38. The van der Waals surface area contributed by atoms with E-state index in [0.29, 0.717) is 28.0 Å². The number of hydrogen-bond acceptors (Lipinski definition) is 5. The standard InChI is InChI=1S/C23H20N6O/c1-3-19(30)28-15-8-13(2)21-17(10-15)20-22(23(24)27-12-26-20)29(21)16-9-14-6-4-5-7-18(14)25-11-16/h3-9,11-12,15H,1,10H2,2H3,(H,28,30)(H2,24,26,27)/t15-/m1/s1/i10D2. The number of rotatable bonds is 3. The van der Waals surface area contributed by atoms with E-state index in [-0.39, 0.29) is 5.82 Å². The number of allylic oxidation sites excluding steroid dienone is 1. The van der Waals surface area contributed by atoms with E-state index in [2.05, 4.69) is 26.8 Å². The highest BCUT2D eigenvalue weighted by atomic mass is 16.1. The summed E-state index contributed by atoms with van der Waals surface area (Å²) in [6.07, 6.45) is 3.92. The molecule has 4 aromatic rings. The molecular weight excluding hydrogens is 376 g/mol. The number of aromatic nitrogens is 4. The molecule has 7 heteroatoms. The lowest BCUT2D eigenvalue weighted by Crippen LogP contribution is -2.35. The number of carbonyl (C=O) groups is 1. The topological polar surface area (TPSA) is 98.7 Å². The second-order valence-corrected chi connectivity index (χ2v) is 7.09. The molecule has 0 aliphatic heterocycles. The van der Waals surface area contributed by atoms with Crippen molar-refractivity contribution >= 4 is 39.2 Å². The summed E-state index contributed by atoms with van der Waals surface area (Å²) in [6.45, 7) is 5.33. The number of amides is 1. The number of benzene rings is 1. The lowest BCUT2D eigenvalue weighted by atomic mass is 9.93. The summed E-state index contributed by atoms with van der Waals surface area (Å²) in [4.78, 5) is 25.1. The fraction of sp³-hybridized carbons (Fsp3) is 0.130. The molecular formula is C23H20N6O. The Morgan fingerprint density at radius 1 is 1.37 bits per heavy atom. The summed E-state index contributed by atoms with van der Waals surface area (Å²) in [5, 5.41) is 3.62. The van der Waals surface area contributed by atoms with Crippen LogP contribution in [0.25, 0.3) is 33.2 Å². The summed E-state index contributed by atoms with van der Waals surface area (Å²) in [7, 11) is 0. The number of pyridine rings is 1. The van der Waals surface area contributed by atoms with Crippen LogP contribution in [0.15, 0.2) is 61.6 Å². The highest BCUT2D eigenvalue weighted by molar-refractivity contribution is 5.96. The SMILES string of the molecule is [2H]C1([2H])c2c(n(-c3cnc4ccccc4c3)c3c(N)ncnc23)C(C)=C[C@H]1NC(=O)C=C. The molecule has 0 fully saturated rings. The number of nitrogens with one attached hydrogen (secondary N) is 1. The molecule has 7 nitrogen and oxygen atoms in total. The smallest absolute Gasteiger partial charge is 0.243 e. The van der Waals surface area contributed by atoms with E-state index in [1.807, 2.05) is 41.8 Å². The molecule has 0 spiro atoms. The van der Waals surface area contributed by atoms with E-state index >= 15 is 0 Å². The van der Waals surface area contributed by atoms with E-state index in [9.17, 15) is 4.79 Å². The summed E-state index contributed by atoms with van der Waals surface area (Å²) in [6, 6.07) is 8.83. The van der Waals surface area contributed by atoms with E-state index < -0.39 is 18.3 Å². The van der Waals surface area contributed by atoms with Gasteiger partial charge in [0.25, 0.3) is 0 Å². The number of anilines is 1. The molecule has 1 aliphatic carbocycles. The van der Waals surface area contributed by atoms with Crippen molar-refractivity contribution in [2.75, 3.05) is 5.73 Å². The van der Waals surface area contributed by atoms with Crippen molar-refractivity contribution < 1.29 is 7.54 Å². The van der Waals surface area contributed by atoms with Crippen molar-refractivity contribution in [2.24, 2.45) is 0 Å². The zero-order valence-electron chi connectivity index (χ0n) is 18.3. The molecule has 148 valence electrons. The maximum atomic E-state index is 12.0. The number of para-hydroxylation sites is 1. The van der Waals surface area contributed by atoms with Crippen LogP contribution >= 0.6 is 0 Å². The van der Waals surface area contributed by atoms with Crippen molar-refractivity contribution in [1.29, 1.82) is 0 Å². The molecule has 5 rings (SSSR count). The van der Waals surface area contributed by atoms with Gasteiger partial charge in [-0.1, -0.05) is 30.9 Å². The zero-order valence-corrected chi connectivity index (χ0v) is 16.3. The normalized spacial score (nSPS) is 18.3. The number of nitrogens with two attached hydrogens (primary N) is 1. The van der Waals surface area contributed by atoms with Gasteiger partial charge in [-0.05, 0) is 30.7 Å². The third-order valence-corrected chi connectivity index (χ3v) is 5.18. The molecule has 0 saturated carbocycles. The van der Waals surface area contributed by atoms with E-state index in [0.717, 1.165) is 22.6 Å². The van der Waals surface area contributed by atoms with Crippen LogP contribution in [0, 0.1) is 0 Å². The second-order valence-electron chi connectivity index (χ2n) is 7.09. The van der Waals surface area contributed by atoms with Crippen LogP contribution in [0.3, 0.4) is 0 Å². The van der Waals surface area contributed by atoms with Crippen LogP contribution in [0.4, 0.5) is 5.82 Å². The molecule has 1 amide bonds. The number of nitrogens with zero attached hydrogens (tertiary/aromatic N) is 4. The van der Waals surface area contributed by atoms with E-state index in [1.165, 1.54) is 6.33 Å². The predicted octanol–water partition coefficient (Wildman–Crippen LogP) is 3.18. The van der Waals surface area contributed by atoms with Gasteiger partial charge in [-0.3, -0.25) is 9.78 Å². The molecule has 3 aromatic heterocycles. The first-order valence-corrected chi connectivity index (χ1v) is 9.45. The fourth-order valence-electron chi connectivity index (χ4n) is 3.90. The van der Waals surface area contributed by atoms with Crippen molar-refractivity contribution in [2.45, 2.75) is 19.3 Å². The molecule has 3 N–H and O–H groups in total. The molecule has 1 aromatic carbocycles. The predicted molar refractivity (Wildman–Crippen MR) is 118 cm³/mol. The second kappa shape index (κ2) is 6.81. The van der Waals surface area contributed by atoms with Gasteiger partial charge in [0.1, 0.15) is 11.8 Å². The molecule has 0 saturated heterocycles. The number of nitrogen functional groups attached to an aromatic ring is 1. The Bertz CT molecular complexity index is 1460. The Hall–Kier alpha value is -4.00. The fourth-order valence-corrected chi connectivity index (χ4v) is 3.90. The van der Waals surface area contributed by atoms with Gasteiger partial charge in [-0.2, -0.15) is 0 Å². The van der Waals surface area contributed by atoms with Crippen LogP contribution in [-0.2, 0) is 11.2 Å². The minimum atomic E-state index is -1.96. The maximum absolute atomic E-state index is 12.0. The van der Waals surface area contributed by atoms with Gasteiger partial charge in [0.15, 0.2) is 5.82 Å². The Morgan fingerprint density at radius 3 is 3.03 bits per heavy atom. The maximum Gasteiger partial charge on any atom is 0.243 e. The molecule has 0 radical (unpaired) electrons. The molecule has 30 heavy (non-hydrogen) atoms. The van der Waals surface area contributed by atoms with Crippen LogP contribution in [0.1, 0.15) is 20.9 Å². The van der Waals surface area contributed by atoms with Gasteiger partial charge in [-0.25, -0.2) is 9.97 Å². The Balaban J connectivity index is 1.85. The average Bonchev–Trinajstić information content (AvgIpc) is 3.15. The average molecular weight is 398 g/mol. The summed E-state index contributed by atoms with van der Waals surface area (Å²) < 4.78 is 19.7. The van der Waals surface area contributed by atoms with E-state index in [1.54, 1.807) is 12.3 Å². The minimum Gasteiger partial charge on any atom is -0.382 e. The molecule has 0 bridgehead atoms. The third kappa shape index (κ3) is 2.75.